The Morgan fingerprint density at radius 1 is 1.24 bits per heavy atom. The molecule has 0 radical (unpaired) electrons. The Morgan fingerprint density at radius 2 is 1.76 bits per heavy atom. The Hall–Kier alpha value is -1.44. The summed E-state index contributed by atoms with van der Waals surface area (Å²) in [5.41, 5.74) is 0.574. The maximum absolute atomic E-state index is 12.6. The summed E-state index contributed by atoms with van der Waals surface area (Å²) >= 11 is 0. The monoisotopic (exact) mass is 313 g/mol. The summed E-state index contributed by atoms with van der Waals surface area (Å²) in [6.07, 6.45) is -0.406. The van der Waals surface area contributed by atoms with Crippen LogP contribution in [0.3, 0.4) is 0 Å². The van der Waals surface area contributed by atoms with Crippen LogP contribution in [0, 0.1) is 0 Å². The Labute approximate surface area is 124 Å². The van der Waals surface area contributed by atoms with Crippen LogP contribution in [0.25, 0.3) is 0 Å². The largest absolute Gasteiger partial charge is 0.481 e. The SMILES string of the molecule is C[C@@H]1CN(S(=O)(=O)c2ccc(CC(=O)O)cc2)C[C@H](C)O1. The highest BCUT2D eigenvalue weighted by atomic mass is 32.2. The van der Waals surface area contributed by atoms with E-state index in [4.69, 9.17) is 9.84 Å². The number of aliphatic carboxylic acids is 1. The highest BCUT2D eigenvalue weighted by Gasteiger charge is 2.32. The molecule has 0 saturated carbocycles. The molecule has 1 heterocycles. The summed E-state index contributed by atoms with van der Waals surface area (Å²) in [6, 6.07) is 5.99. The van der Waals surface area contributed by atoms with E-state index in [1.165, 1.54) is 28.6 Å². The lowest BCUT2D eigenvalue weighted by Crippen LogP contribution is -2.48. The molecule has 2 rings (SSSR count). The Bertz CT molecular complexity index is 601. The fraction of sp³-hybridized carbons (Fsp3) is 0.500. The van der Waals surface area contributed by atoms with Crippen molar-refractivity contribution in [3.63, 3.8) is 0 Å². The van der Waals surface area contributed by atoms with Crippen LogP contribution in [0.1, 0.15) is 19.4 Å². The zero-order valence-corrected chi connectivity index (χ0v) is 12.8. The normalized spacial score (nSPS) is 23.9. The molecule has 1 aliphatic rings. The minimum atomic E-state index is -3.57. The number of benzene rings is 1. The van der Waals surface area contributed by atoms with Gasteiger partial charge in [0.25, 0.3) is 0 Å². The molecule has 1 aromatic carbocycles. The number of ether oxygens (including phenoxy) is 1. The number of rotatable bonds is 4. The first-order chi connectivity index (χ1) is 9.79. The van der Waals surface area contributed by atoms with Gasteiger partial charge in [0.15, 0.2) is 0 Å². The Kier molecular flexibility index (Phi) is 4.65. The van der Waals surface area contributed by atoms with Gasteiger partial charge >= 0.3 is 5.97 Å². The highest BCUT2D eigenvalue weighted by Crippen LogP contribution is 2.21. The van der Waals surface area contributed by atoms with Crippen molar-refractivity contribution in [2.24, 2.45) is 0 Å². The van der Waals surface area contributed by atoms with Gasteiger partial charge in [0.05, 0.1) is 23.5 Å². The van der Waals surface area contributed by atoms with Crippen molar-refractivity contribution in [3.05, 3.63) is 29.8 Å². The molecule has 1 aromatic rings. The second-order valence-electron chi connectivity index (χ2n) is 5.29. The summed E-state index contributed by atoms with van der Waals surface area (Å²) in [4.78, 5) is 10.8. The molecule has 116 valence electrons. The topological polar surface area (TPSA) is 83.9 Å². The molecule has 0 unspecified atom stereocenters. The summed E-state index contributed by atoms with van der Waals surface area (Å²) in [5.74, 6) is -0.943. The van der Waals surface area contributed by atoms with Crippen molar-refractivity contribution < 1.29 is 23.1 Å². The van der Waals surface area contributed by atoms with Gasteiger partial charge in [-0.3, -0.25) is 4.79 Å². The molecule has 1 fully saturated rings. The van der Waals surface area contributed by atoms with Crippen LogP contribution < -0.4 is 0 Å². The number of carbonyl (C=O) groups is 1. The third-order valence-electron chi connectivity index (χ3n) is 3.30. The van der Waals surface area contributed by atoms with Crippen molar-refractivity contribution in [3.8, 4) is 0 Å². The van der Waals surface area contributed by atoms with E-state index in [0.29, 0.717) is 18.7 Å². The van der Waals surface area contributed by atoms with Gasteiger partial charge in [-0.15, -0.1) is 0 Å². The van der Waals surface area contributed by atoms with Gasteiger partial charge in [0.1, 0.15) is 0 Å². The number of carboxylic acids is 1. The van der Waals surface area contributed by atoms with Crippen LogP contribution in [-0.2, 0) is 26.0 Å². The number of carboxylic acid groups (broad SMARTS) is 1. The summed E-state index contributed by atoms with van der Waals surface area (Å²) in [5, 5.41) is 8.72. The number of hydrogen-bond acceptors (Lipinski definition) is 4. The molecule has 6 nitrogen and oxygen atoms in total. The maximum Gasteiger partial charge on any atom is 0.307 e. The molecule has 0 spiro atoms. The first kappa shape index (κ1) is 15.9. The van der Waals surface area contributed by atoms with Crippen LogP contribution in [0.5, 0.6) is 0 Å². The van der Waals surface area contributed by atoms with Gasteiger partial charge in [-0.1, -0.05) is 12.1 Å². The molecule has 21 heavy (non-hydrogen) atoms. The Balaban J connectivity index is 2.21. The number of morpholine rings is 1. The molecule has 7 heteroatoms. The van der Waals surface area contributed by atoms with Crippen molar-refractivity contribution in [1.29, 1.82) is 0 Å². The fourth-order valence-corrected chi connectivity index (χ4v) is 4.02. The quantitative estimate of drug-likeness (QED) is 0.900. The van der Waals surface area contributed by atoms with E-state index in [2.05, 4.69) is 0 Å². The molecule has 0 bridgehead atoms. The van der Waals surface area contributed by atoms with Gasteiger partial charge < -0.3 is 9.84 Å². The van der Waals surface area contributed by atoms with Crippen LogP contribution in [0.2, 0.25) is 0 Å². The van der Waals surface area contributed by atoms with E-state index in [1.54, 1.807) is 0 Å². The summed E-state index contributed by atoms with van der Waals surface area (Å²) < 4.78 is 32.1. The van der Waals surface area contributed by atoms with Gasteiger partial charge in [-0.2, -0.15) is 4.31 Å². The third-order valence-corrected chi connectivity index (χ3v) is 5.15. The number of hydrogen-bond donors (Lipinski definition) is 1. The molecule has 0 aromatic heterocycles. The molecular weight excluding hydrogens is 294 g/mol. The second-order valence-corrected chi connectivity index (χ2v) is 7.23. The second kappa shape index (κ2) is 6.13. The molecule has 0 aliphatic carbocycles. The van der Waals surface area contributed by atoms with Crippen LogP contribution in [-0.4, -0.2) is 49.1 Å². The molecule has 0 amide bonds. The van der Waals surface area contributed by atoms with Gasteiger partial charge in [0.2, 0.25) is 10.0 Å². The zero-order chi connectivity index (χ0) is 15.6. The highest BCUT2D eigenvalue weighted by molar-refractivity contribution is 7.89. The van der Waals surface area contributed by atoms with Gasteiger partial charge in [-0.05, 0) is 31.5 Å². The van der Waals surface area contributed by atoms with Crippen molar-refractivity contribution in [2.75, 3.05) is 13.1 Å². The summed E-state index contributed by atoms with van der Waals surface area (Å²) in [7, 11) is -3.57. The van der Waals surface area contributed by atoms with Crippen molar-refractivity contribution in [2.45, 2.75) is 37.4 Å². The van der Waals surface area contributed by atoms with E-state index >= 15 is 0 Å². The average molecular weight is 313 g/mol. The lowest BCUT2D eigenvalue weighted by molar-refractivity contribution is -0.136. The van der Waals surface area contributed by atoms with Crippen LogP contribution >= 0.6 is 0 Å². The predicted octanol–water partition coefficient (Wildman–Crippen LogP) is 1.11. The van der Waals surface area contributed by atoms with E-state index in [0.717, 1.165) is 0 Å². The van der Waals surface area contributed by atoms with Gasteiger partial charge in [0, 0.05) is 13.1 Å². The fourth-order valence-electron chi connectivity index (χ4n) is 2.43. The Morgan fingerprint density at radius 3 is 2.24 bits per heavy atom. The van der Waals surface area contributed by atoms with Crippen molar-refractivity contribution in [1.82, 2.24) is 4.31 Å². The zero-order valence-electron chi connectivity index (χ0n) is 12.0. The van der Waals surface area contributed by atoms with E-state index in [-0.39, 0.29) is 23.5 Å². The predicted molar refractivity (Wildman–Crippen MR) is 76.5 cm³/mol. The molecule has 2 atom stereocenters. The molecule has 1 N–H and O–H groups in total. The average Bonchev–Trinajstić information content (AvgIpc) is 2.37. The first-order valence-electron chi connectivity index (χ1n) is 6.75. The number of sulfonamides is 1. The molecule has 1 aliphatic heterocycles. The number of nitrogens with zero attached hydrogens (tertiary/aromatic N) is 1. The van der Waals surface area contributed by atoms with Crippen molar-refractivity contribution >= 4 is 16.0 Å². The lowest BCUT2D eigenvalue weighted by atomic mass is 10.2. The maximum atomic E-state index is 12.6. The first-order valence-corrected chi connectivity index (χ1v) is 8.19. The minimum Gasteiger partial charge on any atom is -0.481 e. The standard InChI is InChI=1S/C14H19NO5S/c1-10-8-15(9-11(2)20-10)21(18,19)13-5-3-12(4-6-13)7-14(16)17/h3-6,10-11H,7-9H2,1-2H3,(H,16,17)/t10-,11+. The minimum absolute atomic E-state index is 0.119. The van der Waals surface area contributed by atoms with E-state index in [9.17, 15) is 13.2 Å². The summed E-state index contributed by atoms with van der Waals surface area (Å²) in [6.45, 7) is 4.33. The molecule has 1 saturated heterocycles. The van der Waals surface area contributed by atoms with E-state index in [1.807, 2.05) is 13.8 Å². The van der Waals surface area contributed by atoms with E-state index < -0.39 is 16.0 Å². The van der Waals surface area contributed by atoms with Crippen LogP contribution in [0.15, 0.2) is 29.2 Å². The smallest absolute Gasteiger partial charge is 0.307 e. The molecular formula is C14H19NO5S. The lowest BCUT2D eigenvalue weighted by Gasteiger charge is -2.34. The van der Waals surface area contributed by atoms with Gasteiger partial charge in [-0.25, -0.2) is 8.42 Å². The van der Waals surface area contributed by atoms with Crippen LogP contribution in [0.4, 0.5) is 0 Å². The third kappa shape index (κ3) is 3.81.